The maximum atomic E-state index is 11.8. The molecule has 0 aliphatic carbocycles. The van der Waals surface area contributed by atoms with Crippen LogP contribution in [0.25, 0.3) is 6.08 Å². The van der Waals surface area contributed by atoms with Crippen molar-refractivity contribution in [2.24, 2.45) is 0 Å². The fourth-order valence-electron chi connectivity index (χ4n) is 2.74. The van der Waals surface area contributed by atoms with Crippen molar-refractivity contribution in [3.05, 3.63) is 58.5 Å². The van der Waals surface area contributed by atoms with Gasteiger partial charge in [0.15, 0.2) is 11.5 Å². The molecule has 8 heteroatoms. The lowest BCUT2D eigenvalue weighted by Crippen LogP contribution is -2.17. The van der Waals surface area contributed by atoms with Gasteiger partial charge in [0.05, 0.1) is 24.7 Å². The monoisotopic (exact) mass is 459 g/mol. The molecule has 0 unspecified atom stereocenters. The van der Waals surface area contributed by atoms with Crippen molar-refractivity contribution in [2.45, 2.75) is 13.8 Å². The Morgan fingerprint density at radius 3 is 2.39 bits per heavy atom. The van der Waals surface area contributed by atoms with Crippen molar-refractivity contribution in [2.75, 3.05) is 33.0 Å². The number of amides is 1. The maximum absolute atomic E-state index is 11.8. The minimum absolute atomic E-state index is 0.184. The van der Waals surface area contributed by atoms with Crippen molar-refractivity contribution in [1.82, 2.24) is 5.32 Å². The zero-order valence-corrected chi connectivity index (χ0v) is 19.1. The van der Waals surface area contributed by atoms with Gasteiger partial charge >= 0.3 is 0 Å². The fraction of sp³-hybridized carbons (Fsp3) is 0.304. The Bertz CT molecular complexity index is 943. The number of rotatable bonds is 11. The average Bonchev–Trinajstić information content (AvgIpc) is 3.06. The third-order valence-electron chi connectivity index (χ3n) is 4.21. The zero-order chi connectivity index (χ0) is 22.1. The van der Waals surface area contributed by atoms with Crippen molar-refractivity contribution in [3.63, 3.8) is 0 Å². The van der Waals surface area contributed by atoms with Crippen LogP contribution in [0.2, 0.25) is 0 Å². The quantitative estimate of drug-likeness (QED) is 0.304. The fourth-order valence-corrected chi connectivity index (χ4v) is 3.78. The highest BCUT2D eigenvalue weighted by Crippen LogP contribution is 2.31. The molecule has 6 nitrogen and oxygen atoms in total. The first kappa shape index (κ1) is 23.1. The molecule has 0 atom stereocenters. The number of carbonyl (C=O) groups excluding carboxylic acids is 1. The highest BCUT2D eigenvalue weighted by atomic mass is 32.2. The Balaban J connectivity index is 1.45. The number of carbonyl (C=O) groups is 1. The van der Waals surface area contributed by atoms with E-state index in [-0.39, 0.29) is 5.91 Å². The predicted molar refractivity (Wildman–Crippen MR) is 127 cm³/mol. The first-order valence-electron chi connectivity index (χ1n) is 9.97. The molecule has 1 aliphatic rings. The Labute approximate surface area is 191 Å². The summed E-state index contributed by atoms with van der Waals surface area (Å²) in [5.41, 5.74) is 2.03. The summed E-state index contributed by atoms with van der Waals surface area (Å²) in [6.45, 7) is 6.22. The molecule has 0 aromatic heterocycles. The summed E-state index contributed by atoms with van der Waals surface area (Å²) in [4.78, 5) is 12.4. The molecule has 1 heterocycles. The number of ether oxygens (including phenoxy) is 4. The smallest absolute Gasteiger partial charge is 0.263 e. The van der Waals surface area contributed by atoms with Gasteiger partial charge in [0, 0.05) is 0 Å². The summed E-state index contributed by atoms with van der Waals surface area (Å²) >= 11 is 6.27. The van der Waals surface area contributed by atoms with Crippen LogP contribution in [0.1, 0.15) is 18.1 Å². The SMILES string of the molecule is CCOc1cc(C=C2SC(=S)NC2=O)ccc1OCCOCCOc1ccc(C)cc1. The van der Waals surface area contributed by atoms with Crippen molar-refractivity contribution in [3.8, 4) is 17.2 Å². The van der Waals surface area contributed by atoms with E-state index in [1.807, 2.05) is 56.3 Å². The second-order valence-electron chi connectivity index (χ2n) is 6.61. The van der Waals surface area contributed by atoms with E-state index in [4.69, 9.17) is 31.2 Å². The van der Waals surface area contributed by atoms with Crippen LogP contribution in [0.5, 0.6) is 17.2 Å². The molecule has 0 saturated carbocycles. The highest BCUT2D eigenvalue weighted by Gasteiger charge is 2.22. The van der Waals surface area contributed by atoms with Gasteiger partial charge in [-0.3, -0.25) is 4.79 Å². The topological polar surface area (TPSA) is 66.0 Å². The minimum Gasteiger partial charge on any atom is -0.491 e. The van der Waals surface area contributed by atoms with E-state index >= 15 is 0 Å². The summed E-state index contributed by atoms with van der Waals surface area (Å²) < 4.78 is 23.2. The van der Waals surface area contributed by atoms with Gasteiger partial charge in [0.1, 0.15) is 23.3 Å². The molecule has 1 saturated heterocycles. The Kier molecular flexibility index (Phi) is 8.75. The molecule has 0 spiro atoms. The van der Waals surface area contributed by atoms with E-state index in [0.717, 1.165) is 11.3 Å². The van der Waals surface area contributed by atoms with Crippen molar-refractivity contribution >= 4 is 40.3 Å². The third-order valence-corrected chi connectivity index (χ3v) is 5.37. The maximum Gasteiger partial charge on any atom is 0.263 e. The lowest BCUT2D eigenvalue weighted by molar-refractivity contribution is -0.115. The van der Waals surface area contributed by atoms with Crippen molar-refractivity contribution < 1.29 is 23.7 Å². The number of aryl methyl sites for hydroxylation is 1. The first-order valence-corrected chi connectivity index (χ1v) is 11.2. The van der Waals surface area contributed by atoms with Gasteiger partial charge in [0.2, 0.25) is 0 Å². The largest absolute Gasteiger partial charge is 0.491 e. The molecule has 3 rings (SSSR count). The van der Waals surface area contributed by atoms with Crippen LogP contribution in [-0.2, 0) is 9.53 Å². The third kappa shape index (κ3) is 7.27. The molecule has 1 aliphatic heterocycles. The van der Waals surface area contributed by atoms with E-state index in [1.54, 1.807) is 6.08 Å². The molecule has 1 amide bonds. The van der Waals surface area contributed by atoms with Gasteiger partial charge in [-0.1, -0.05) is 47.7 Å². The van der Waals surface area contributed by atoms with Crippen LogP contribution in [0, 0.1) is 6.92 Å². The number of nitrogens with one attached hydrogen (secondary N) is 1. The molecule has 1 N–H and O–H groups in total. The number of hydrogen-bond acceptors (Lipinski definition) is 7. The van der Waals surface area contributed by atoms with Gasteiger partial charge in [-0.25, -0.2) is 0 Å². The molecule has 0 bridgehead atoms. The van der Waals surface area contributed by atoms with Crippen LogP contribution in [0.15, 0.2) is 47.4 Å². The summed E-state index contributed by atoms with van der Waals surface area (Å²) in [6, 6.07) is 13.5. The highest BCUT2D eigenvalue weighted by molar-refractivity contribution is 8.26. The summed E-state index contributed by atoms with van der Waals surface area (Å²) in [6.07, 6.45) is 1.78. The molecular formula is C23H25NO5S2. The molecule has 0 radical (unpaired) electrons. The van der Waals surface area contributed by atoms with Crippen LogP contribution >= 0.6 is 24.0 Å². The van der Waals surface area contributed by atoms with Gasteiger partial charge in [-0.2, -0.15) is 0 Å². The average molecular weight is 460 g/mol. The lowest BCUT2D eigenvalue weighted by atomic mass is 10.2. The van der Waals surface area contributed by atoms with E-state index < -0.39 is 0 Å². The second kappa shape index (κ2) is 11.7. The number of benzene rings is 2. The van der Waals surface area contributed by atoms with Crippen LogP contribution in [0.3, 0.4) is 0 Å². The van der Waals surface area contributed by atoms with E-state index in [1.165, 1.54) is 17.3 Å². The van der Waals surface area contributed by atoms with E-state index in [2.05, 4.69) is 5.32 Å². The number of hydrogen-bond donors (Lipinski definition) is 1. The lowest BCUT2D eigenvalue weighted by Gasteiger charge is -2.13. The summed E-state index contributed by atoms with van der Waals surface area (Å²) in [5.74, 6) is 1.89. The Hall–Kier alpha value is -2.55. The van der Waals surface area contributed by atoms with Crippen LogP contribution < -0.4 is 19.5 Å². The van der Waals surface area contributed by atoms with Crippen LogP contribution in [-0.4, -0.2) is 43.3 Å². The van der Waals surface area contributed by atoms with Crippen molar-refractivity contribution in [1.29, 1.82) is 0 Å². The van der Waals surface area contributed by atoms with Gasteiger partial charge < -0.3 is 24.3 Å². The molecule has 164 valence electrons. The molecule has 1 fully saturated rings. The molecule has 31 heavy (non-hydrogen) atoms. The van der Waals surface area contributed by atoms with Gasteiger partial charge in [0.25, 0.3) is 5.91 Å². The second-order valence-corrected chi connectivity index (χ2v) is 8.33. The van der Waals surface area contributed by atoms with E-state index in [9.17, 15) is 4.79 Å². The van der Waals surface area contributed by atoms with Gasteiger partial charge in [-0.05, 0) is 49.8 Å². The normalized spacial score (nSPS) is 14.6. The summed E-state index contributed by atoms with van der Waals surface area (Å²) in [5, 5.41) is 2.61. The minimum atomic E-state index is -0.184. The molecule has 2 aromatic carbocycles. The van der Waals surface area contributed by atoms with Crippen LogP contribution in [0.4, 0.5) is 0 Å². The van der Waals surface area contributed by atoms with Gasteiger partial charge in [-0.15, -0.1) is 0 Å². The summed E-state index contributed by atoms with van der Waals surface area (Å²) in [7, 11) is 0. The first-order chi connectivity index (χ1) is 15.0. The van der Waals surface area contributed by atoms with E-state index in [0.29, 0.717) is 53.8 Å². The standard InChI is InChI=1S/C23H25NO5S2/c1-3-27-20-14-17(15-21-22(25)24-23(30)31-21)6-9-19(20)29-13-11-26-10-12-28-18-7-4-16(2)5-8-18/h4-9,14-15H,3,10-13H2,1-2H3,(H,24,25,30). The number of thiocarbonyl (C=S) groups is 1. The Morgan fingerprint density at radius 1 is 0.968 bits per heavy atom. The zero-order valence-electron chi connectivity index (χ0n) is 17.5. The molecule has 2 aromatic rings. The number of thioether (sulfide) groups is 1. The molecular weight excluding hydrogens is 434 g/mol. The predicted octanol–water partition coefficient (Wildman–Crippen LogP) is 4.36. The Morgan fingerprint density at radius 2 is 1.71 bits per heavy atom.